The molecule has 5 nitrogen and oxygen atoms in total. The molecular weight excluding hydrogens is 360 g/mol. The highest BCUT2D eigenvalue weighted by atomic mass is 35.5. The van der Waals surface area contributed by atoms with Crippen LogP contribution in [0.25, 0.3) is 0 Å². The average molecular weight is 379 g/mol. The number of nitrogens with zero attached hydrogens (tertiary/aromatic N) is 1. The van der Waals surface area contributed by atoms with Gasteiger partial charge in [0.2, 0.25) is 15.9 Å². The van der Waals surface area contributed by atoms with Crippen molar-refractivity contribution in [2.75, 3.05) is 18.4 Å². The maximum atomic E-state index is 12.6. The zero-order chi connectivity index (χ0) is 17.9. The molecular formula is C18H19ClN2O3S. The Bertz CT molecular complexity index is 830. The summed E-state index contributed by atoms with van der Waals surface area (Å²) in [6.07, 6.45) is 1.01. The standard InChI is InChI=1S/C18H19ClN2O3S/c19-15-6-8-17(9-7-15)25(23,24)21-12-10-14(11-13-21)18(22)20-16-4-2-1-3-5-16/h1-9,14H,10-13H2,(H,20,22). The number of hydrogen-bond acceptors (Lipinski definition) is 3. The van der Waals surface area contributed by atoms with Crippen molar-refractivity contribution in [1.29, 1.82) is 0 Å². The second-order valence-corrected chi connectivity index (χ2v) is 8.36. The molecule has 0 bridgehead atoms. The van der Waals surface area contributed by atoms with Gasteiger partial charge in [0.15, 0.2) is 0 Å². The Kier molecular flexibility index (Phi) is 5.42. The van der Waals surface area contributed by atoms with Crippen LogP contribution in [0.5, 0.6) is 0 Å². The van der Waals surface area contributed by atoms with E-state index >= 15 is 0 Å². The third kappa shape index (κ3) is 4.21. The third-order valence-electron chi connectivity index (χ3n) is 4.32. The number of hydrogen-bond donors (Lipinski definition) is 1. The highest BCUT2D eigenvalue weighted by Crippen LogP contribution is 2.25. The topological polar surface area (TPSA) is 66.5 Å². The molecule has 0 unspecified atom stereocenters. The molecule has 132 valence electrons. The van der Waals surface area contributed by atoms with E-state index < -0.39 is 10.0 Å². The molecule has 1 heterocycles. The first-order valence-corrected chi connectivity index (χ1v) is 9.90. The van der Waals surface area contributed by atoms with Crippen molar-refractivity contribution in [2.45, 2.75) is 17.7 Å². The minimum atomic E-state index is -3.54. The fourth-order valence-corrected chi connectivity index (χ4v) is 4.48. The van der Waals surface area contributed by atoms with E-state index in [4.69, 9.17) is 11.6 Å². The molecule has 7 heteroatoms. The number of amides is 1. The number of halogens is 1. The van der Waals surface area contributed by atoms with Gasteiger partial charge in [-0.2, -0.15) is 4.31 Å². The summed E-state index contributed by atoms with van der Waals surface area (Å²) in [5.74, 6) is -0.244. The van der Waals surface area contributed by atoms with Crippen LogP contribution in [-0.4, -0.2) is 31.7 Å². The lowest BCUT2D eigenvalue weighted by Crippen LogP contribution is -2.41. The number of piperidine rings is 1. The Balaban J connectivity index is 1.61. The van der Waals surface area contributed by atoms with Gasteiger partial charge in [0, 0.05) is 29.7 Å². The molecule has 0 spiro atoms. The van der Waals surface area contributed by atoms with Gasteiger partial charge in [-0.15, -0.1) is 0 Å². The van der Waals surface area contributed by atoms with Crippen LogP contribution in [0.3, 0.4) is 0 Å². The van der Waals surface area contributed by atoms with Crippen LogP contribution in [0, 0.1) is 5.92 Å². The number of nitrogens with one attached hydrogen (secondary N) is 1. The number of rotatable bonds is 4. The summed E-state index contributed by atoms with van der Waals surface area (Å²) in [6, 6.07) is 15.4. The summed E-state index contributed by atoms with van der Waals surface area (Å²) in [5, 5.41) is 3.38. The maximum Gasteiger partial charge on any atom is 0.243 e. The Morgan fingerprint density at radius 1 is 1.00 bits per heavy atom. The lowest BCUT2D eigenvalue weighted by Gasteiger charge is -2.30. The van der Waals surface area contributed by atoms with E-state index in [0.717, 1.165) is 5.69 Å². The number of para-hydroxylation sites is 1. The molecule has 1 saturated heterocycles. The molecule has 0 aromatic heterocycles. The first kappa shape index (κ1) is 17.9. The molecule has 1 aliphatic heterocycles. The Labute approximate surface area is 152 Å². The molecule has 3 rings (SSSR count). The molecule has 25 heavy (non-hydrogen) atoms. The molecule has 1 aliphatic rings. The van der Waals surface area contributed by atoms with E-state index in [0.29, 0.717) is 31.0 Å². The van der Waals surface area contributed by atoms with E-state index in [2.05, 4.69) is 5.32 Å². The zero-order valence-electron chi connectivity index (χ0n) is 13.6. The maximum absolute atomic E-state index is 12.6. The van der Waals surface area contributed by atoms with Gasteiger partial charge in [-0.1, -0.05) is 29.8 Å². The molecule has 1 fully saturated rings. The van der Waals surface area contributed by atoms with Crippen LogP contribution < -0.4 is 5.32 Å². The van der Waals surface area contributed by atoms with Gasteiger partial charge >= 0.3 is 0 Å². The highest BCUT2D eigenvalue weighted by Gasteiger charge is 2.32. The Morgan fingerprint density at radius 3 is 2.20 bits per heavy atom. The van der Waals surface area contributed by atoms with Crippen molar-refractivity contribution in [3.05, 3.63) is 59.6 Å². The van der Waals surface area contributed by atoms with Crippen molar-refractivity contribution in [3.8, 4) is 0 Å². The molecule has 0 saturated carbocycles. The second-order valence-electron chi connectivity index (χ2n) is 5.99. The van der Waals surface area contributed by atoms with Gasteiger partial charge in [-0.05, 0) is 49.2 Å². The molecule has 0 atom stereocenters. The summed E-state index contributed by atoms with van der Waals surface area (Å²) in [5.41, 5.74) is 0.753. The summed E-state index contributed by atoms with van der Waals surface area (Å²) < 4.78 is 26.7. The van der Waals surface area contributed by atoms with Crippen LogP contribution in [0.2, 0.25) is 5.02 Å². The third-order valence-corrected chi connectivity index (χ3v) is 6.48. The van der Waals surface area contributed by atoms with Gasteiger partial charge in [0.1, 0.15) is 0 Å². The second kappa shape index (κ2) is 7.56. The van der Waals surface area contributed by atoms with E-state index in [1.807, 2.05) is 30.3 Å². The summed E-state index contributed by atoms with van der Waals surface area (Å²) >= 11 is 5.82. The van der Waals surface area contributed by atoms with E-state index in [-0.39, 0.29) is 16.7 Å². The number of benzene rings is 2. The van der Waals surface area contributed by atoms with Crippen molar-refractivity contribution < 1.29 is 13.2 Å². The normalized spacial score (nSPS) is 16.5. The van der Waals surface area contributed by atoms with Gasteiger partial charge in [0.25, 0.3) is 0 Å². The number of carbonyl (C=O) groups excluding carboxylic acids is 1. The summed E-state index contributed by atoms with van der Waals surface area (Å²) in [4.78, 5) is 12.6. The van der Waals surface area contributed by atoms with E-state index in [1.165, 1.54) is 16.4 Å². The minimum Gasteiger partial charge on any atom is -0.326 e. The van der Waals surface area contributed by atoms with Crippen molar-refractivity contribution in [3.63, 3.8) is 0 Å². The molecule has 1 amide bonds. The van der Waals surface area contributed by atoms with Crippen LogP contribution in [-0.2, 0) is 14.8 Å². The number of anilines is 1. The number of sulfonamides is 1. The van der Waals surface area contributed by atoms with E-state index in [9.17, 15) is 13.2 Å². The van der Waals surface area contributed by atoms with Crippen LogP contribution in [0.4, 0.5) is 5.69 Å². The number of carbonyl (C=O) groups is 1. The molecule has 0 aliphatic carbocycles. The first-order valence-electron chi connectivity index (χ1n) is 8.08. The predicted molar refractivity (Wildman–Crippen MR) is 98.0 cm³/mol. The largest absolute Gasteiger partial charge is 0.326 e. The Morgan fingerprint density at radius 2 is 1.60 bits per heavy atom. The quantitative estimate of drug-likeness (QED) is 0.886. The fourth-order valence-electron chi connectivity index (χ4n) is 2.88. The van der Waals surface area contributed by atoms with Gasteiger partial charge in [-0.25, -0.2) is 8.42 Å². The summed E-state index contributed by atoms with van der Waals surface area (Å²) in [6.45, 7) is 0.662. The SMILES string of the molecule is O=C(Nc1ccccc1)C1CCN(S(=O)(=O)c2ccc(Cl)cc2)CC1. The molecule has 1 N–H and O–H groups in total. The highest BCUT2D eigenvalue weighted by molar-refractivity contribution is 7.89. The molecule has 2 aromatic rings. The monoisotopic (exact) mass is 378 g/mol. The molecule has 2 aromatic carbocycles. The van der Waals surface area contributed by atoms with Crippen LogP contribution in [0.1, 0.15) is 12.8 Å². The van der Waals surface area contributed by atoms with Gasteiger partial charge in [0.05, 0.1) is 4.90 Å². The van der Waals surface area contributed by atoms with Crippen molar-refractivity contribution in [1.82, 2.24) is 4.31 Å². The fraction of sp³-hybridized carbons (Fsp3) is 0.278. The Hall–Kier alpha value is -1.89. The van der Waals surface area contributed by atoms with Crippen molar-refractivity contribution in [2.24, 2.45) is 5.92 Å². The van der Waals surface area contributed by atoms with Crippen molar-refractivity contribution >= 4 is 33.2 Å². The predicted octanol–water partition coefficient (Wildman–Crippen LogP) is 3.38. The zero-order valence-corrected chi connectivity index (χ0v) is 15.1. The first-order chi connectivity index (χ1) is 12.0. The van der Waals surface area contributed by atoms with Gasteiger partial charge < -0.3 is 5.32 Å². The minimum absolute atomic E-state index is 0.0604. The van der Waals surface area contributed by atoms with Crippen LogP contribution >= 0.6 is 11.6 Å². The van der Waals surface area contributed by atoms with Gasteiger partial charge in [-0.3, -0.25) is 4.79 Å². The lowest BCUT2D eigenvalue weighted by atomic mass is 9.97. The molecule has 0 radical (unpaired) electrons. The van der Waals surface area contributed by atoms with Crippen LogP contribution in [0.15, 0.2) is 59.5 Å². The smallest absolute Gasteiger partial charge is 0.243 e. The average Bonchev–Trinajstić information content (AvgIpc) is 2.63. The summed E-state index contributed by atoms with van der Waals surface area (Å²) in [7, 11) is -3.54. The van der Waals surface area contributed by atoms with E-state index in [1.54, 1.807) is 12.1 Å². The lowest BCUT2D eigenvalue weighted by molar-refractivity contribution is -0.120.